The van der Waals surface area contributed by atoms with E-state index in [9.17, 15) is 9.59 Å². The zero-order valence-corrected chi connectivity index (χ0v) is 15.5. The highest BCUT2D eigenvalue weighted by molar-refractivity contribution is 5.81. The molecule has 0 aliphatic carbocycles. The van der Waals surface area contributed by atoms with Crippen LogP contribution in [0.5, 0.6) is 0 Å². The van der Waals surface area contributed by atoms with Crippen molar-refractivity contribution in [2.45, 2.75) is 85.5 Å². The Hall–Kier alpha value is -0.740. The van der Waals surface area contributed by atoms with E-state index in [1.54, 1.807) is 0 Å². The fraction of sp³-hybridized carbons (Fsp3) is 0.895. The van der Waals surface area contributed by atoms with Crippen LogP contribution in [0.2, 0.25) is 0 Å². The van der Waals surface area contributed by atoms with E-state index in [-0.39, 0.29) is 35.6 Å². The molecule has 0 fully saturated rings. The van der Waals surface area contributed by atoms with Crippen LogP contribution in [0.1, 0.15) is 85.5 Å². The van der Waals surface area contributed by atoms with Gasteiger partial charge in [-0.1, -0.05) is 27.7 Å². The molecule has 0 aromatic heterocycles. The first kappa shape index (κ1) is 22.3. The number of Topliss-reactive ketones (excluding diaryl/α,β-unsaturated/α-hetero) is 2. The fourth-order valence-corrected chi connectivity index (χ4v) is 2.42. The van der Waals surface area contributed by atoms with Gasteiger partial charge in [0.25, 0.3) is 0 Å². The Morgan fingerprint density at radius 1 is 0.652 bits per heavy atom. The van der Waals surface area contributed by atoms with Crippen LogP contribution < -0.4 is 0 Å². The van der Waals surface area contributed by atoms with E-state index >= 15 is 0 Å². The van der Waals surface area contributed by atoms with Crippen molar-refractivity contribution in [1.29, 1.82) is 0 Å². The molecular weight excluding hydrogens is 292 g/mol. The van der Waals surface area contributed by atoms with Gasteiger partial charge in [0.15, 0.2) is 0 Å². The van der Waals surface area contributed by atoms with Crippen molar-refractivity contribution in [3.05, 3.63) is 0 Å². The number of rotatable bonds is 14. The van der Waals surface area contributed by atoms with Gasteiger partial charge in [-0.3, -0.25) is 9.59 Å². The molecule has 0 aromatic carbocycles. The molecule has 2 N–H and O–H groups in total. The Kier molecular flexibility index (Phi) is 10.6. The van der Waals surface area contributed by atoms with E-state index in [4.69, 9.17) is 10.2 Å². The fourth-order valence-electron chi connectivity index (χ4n) is 2.42. The number of aliphatic hydroxyl groups is 2. The minimum absolute atomic E-state index is 0.113. The molecular formula is C19H36O4. The zero-order valence-electron chi connectivity index (χ0n) is 15.5. The minimum atomic E-state index is -0.113. The molecule has 0 rings (SSSR count). The summed E-state index contributed by atoms with van der Waals surface area (Å²) in [5.41, 5.74) is -0.225. The van der Waals surface area contributed by atoms with Crippen molar-refractivity contribution in [2.75, 3.05) is 13.2 Å². The van der Waals surface area contributed by atoms with Gasteiger partial charge in [-0.2, -0.15) is 0 Å². The van der Waals surface area contributed by atoms with Gasteiger partial charge >= 0.3 is 0 Å². The summed E-state index contributed by atoms with van der Waals surface area (Å²) in [5.74, 6) is 0.431. The number of carbonyl (C=O) groups is 2. The summed E-state index contributed by atoms with van der Waals surface area (Å²) in [4.78, 5) is 23.6. The monoisotopic (exact) mass is 328 g/mol. The number of ketones is 2. The topological polar surface area (TPSA) is 74.6 Å². The third-order valence-electron chi connectivity index (χ3n) is 4.39. The Morgan fingerprint density at radius 2 is 0.957 bits per heavy atom. The van der Waals surface area contributed by atoms with Crippen molar-refractivity contribution in [3.63, 3.8) is 0 Å². The summed E-state index contributed by atoms with van der Waals surface area (Å²) in [6, 6.07) is 0. The van der Waals surface area contributed by atoms with Crippen LogP contribution in [0.4, 0.5) is 0 Å². The van der Waals surface area contributed by atoms with E-state index in [1.165, 1.54) is 0 Å². The largest absolute Gasteiger partial charge is 0.396 e. The second kappa shape index (κ2) is 10.9. The summed E-state index contributed by atoms with van der Waals surface area (Å²) in [7, 11) is 0. The number of hydrogen-bond acceptors (Lipinski definition) is 4. The Morgan fingerprint density at radius 3 is 1.26 bits per heavy atom. The summed E-state index contributed by atoms with van der Waals surface area (Å²) in [6.45, 7) is 8.26. The second-order valence-electron chi connectivity index (χ2n) is 8.28. The van der Waals surface area contributed by atoms with Crippen molar-refractivity contribution in [2.24, 2.45) is 10.8 Å². The highest BCUT2D eigenvalue weighted by Gasteiger charge is 2.17. The molecule has 136 valence electrons. The Labute approximate surface area is 141 Å². The van der Waals surface area contributed by atoms with Gasteiger partial charge in [-0.05, 0) is 42.9 Å². The standard InChI is InChI=1S/C19H36O4/c1-18(2,14-20)12-6-10-16(22)8-5-9-17(23)11-7-13-19(3,4)15-21/h20-21H,5-15H2,1-4H3. The summed E-state index contributed by atoms with van der Waals surface area (Å²) < 4.78 is 0. The predicted octanol–water partition coefficient (Wildman–Crippen LogP) is 3.67. The van der Waals surface area contributed by atoms with Gasteiger partial charge in [0.05, 0.1) is 0 Å². The molecule has 0 bridgehead atoms. The van der Waals surface area contributed by atoms with E-state index in [1.807, 2.05) is 27.7 Å². The van der Waals surface area contributed by atoms with Crippen LogP contribution in [0.3, 0.4) is 0 Å². The molecule has 4 nitrogen and oxygen atoms in total. The molecule has 0 saturated carbocycles. The quantitative estimate of drug-likeness (QED) is 0.510. The molecule has 0 spiro atoms. The van der Waals surface area contributed by atoms with Gasteiger partial charge in [-0.15, -0.1) is 0 Å². The maximum Gasteiger partial charge on any atom is 0.132 e. The first-order chi connectivity index (χ1) is 10.6. The molecule has 0 radical (unpaired) electrons. The van der Waals surface area contributed by atoms with E-state index < -0.39 is 0 Å². The Balaban J connectivity index is 3.69. The first-order valence-electron chi connectivity index (χ1n) is 8.87. The molecule has 0 unspecified atom stereocenters. The molecule has 0 aliphatic heterocycles. The lowest BCUT2D eigenvalue weighted by Crippen LogP contribution is -2.17. The van der Waals surface area contributed by atoms with Crippen LogP contribution >= 0.6 is 0 Å². The summed E-state index contributed by atoms with van der Waals surface area (Å²) in [5, 5.41) is 18.3. The summed E-state index contributed by atoms with van der Waals surface area (Å²) in [6.07, 6.45) is 5.98. The number of aliphatic hydroxyl groups excluding tert-OH is 2. The molecule has 0 aliphatic rings. The third kappa shape index (κ3) is 12.4. The smallest absolute Gasteiger partial charge is 0.132 e. The zero-order chi connectivity index (χ0) is 17.9. The van der Waals surface area contributed by atoms with Gasteiger partial charge in [0, 0.05) is 38.9 Å². The molecule has 0 amide bonds. The van der Waals surface area contributed by atoms with Crippen molar-refractivity contribution in [3.8, 4) is 0 Å². The van der Waals surface area contributed by atoms with Crippen LogP contribution in [-0.2, 0) is 9.59 Å². The number of carbonyl (C=O) groups excluding carboxylic acids is 2. The van der Waals surface area contributed by atoms with E-state index in [0.29, 0.717) is 32.1 Å². The molecule has 0 atom stereocenters. The molecule has 4 heteroatoms. The van der Waals surface area contributed by atoms with Gasteiger partial charge < -0.3 is 10.2 Å². The SMILES string of the molecule is CC(C)(CO)CCCC(=O)CCCC(=O)CCCC(C)(C)CO. The average Bonchev–Trinajstić information content (AvgIpc) is 2.47. The van der Waals surface area contributed by atoms with Crippen LogP contribution in [-0.4, -0.2) is 35.0 Å². The van der Waals surface area contributed by atoms with E-state index in [0.717, 1.165) is 25.7 Å². The highest BCUT2D eigenvalue weighted by Crippen LogP contribution is 2.23. The third-order valence-corrected chi connectivity index (χ3v) is 4.39. The van der Waals surface area contributed by atoms with Crippen molar-refractivity contribution >= 4 is 11.6 Å². The molecule has 0 aromatic rings. The van der Waals surface area contributed by atoms with Crippen LogP contribution in [0, 0.1) is 10.8 Å². The van der Waals surface area contributed by atoms with Crippen LogP contribution in [0.25, 0.3) is 0 Å². The average molecular weight is 328 g/mol. The van der Waals surface area contributed by atoms with E-state index in [2.05, 4.69) is 0 Å². The molecule has 23 heavy (non-hydrogen) atoms. The lowest BCUT2D eigenvalue weighted by molar-refractivity contribution is -0.120. The minimum Gasteiger partial charge on any atom is -0.396 e. The lowest BCUT2D eigenvalue weighted by Gasteiger charge is -2.20. The second-order valence-corrected chi connectivity index (χ2v) is 8.28. The predicted molar refractivity (Wildman–Crippen MR) is 93.3 cm³/mol. The maximum absolute atomic E-state index is 11.8. The van der Waals surface area contributed by atoms with Crippen molar-refractivity contribution in [1.82, 2.24) is 0 Å². The maximum atomic E-state index is 11.8. The van der Waals surface area contributed by atoms with Gasteiger partial charge in [-0.25, -0.2) is 0 Å². The molecule has 0 saturated heterocycles. The Bertz CT molecular complexity index is 324. The lowest BCUT2D eigenvalue weighted by atomic mass is 9.87. The normalized spacial score (nSPS) is 12.4. The highest BCUT2D eigenvalue weighted by atomic mass is 16.3. The number of hydrogen-bond donors (Lipinski definition) is 2. The first-order valence-corrected chi connectivity index (χ1v) is 8.87. The van der Waals surface area contributed by atoms with Crippen molar-refractivity contribution < 1.29 is 19.8 Å². The molecule has 0 heterocycles. The van der Waals surface area contributed by atoms with Crippen LogP contribution in [0.15, 0.2) is 0 Å². The summed E-state index contributed by atoms with van der Waals surface area (Å²) >= 11 is 0. The van der Waals surface area contributed by atoms with Gasteiger partial charge in [0.2, 0.25) is 0 Å². The van der Waals surface area contributed by atoms with Gasteiger partial charge in [0.1, 0.15) is 11.6 Å².